The summed E-state index contributed by atoms with van der Waals surface area (Å²) in [5.74, 6) is 1.45. The highest BCUT2D eigenvalue weighted by Crippen LogP contribution is 2.47. The Bertz CT molecular complexity index is 1500. The van der Waals surface area contributed by atoms with Gasteiger partial charge in [0, 0.05) is 52.8 Å². The summed E-state index contributed by atoms with van der Waals surface area (Å²) < 4.78 is 7.97. The van der Waals surface area contributed by atoms with Gasteiger partial charge >= 0.3 is 0 Å². The molecule has 2 aromatic carbocycles. The zero-order valence-electron chi connectivity index (χ0n) is 23.0. The van der Waals surface area contributed by atoms with E-state index in [9.17, 15) is 9.59 Å². The highest BCUT2D eigenvalue weighted by molar-refractivity contribution is 6.04. The monoisotopic (exact) mass is 523 g/mol. The third-order valence-electron chi connectivity index (χ3n) is 9.47. The van der Waals surface area contributed by atoms with Crippen LogP contribution in [0.5, 0.6) is 5.75 Å². The smallest absolute Gasteiger partial charge is 0.251 e. The molecule has 1 aromatic heterocycles. The number of aromatic nitrogens is 1. The molecule has 2 saturated heterocycles. The molecule has 2 bridgehead atoms. The molecule has 3 aliphatic heterocycles. The average molecular weight is 524 g/mol. The van der Waals surface area contributed by atoms with Gasteiger partial charge < -0.3 is 19.5 Å². The number of nitrogens with one attached hydrogen (secondary N) is 1. The van der Waals surface area contributed by atoms with E-state index in [2.05, 4.69) is 45.1 Å². The maximum absolute atomic E-state index is 14.1. The average Bonchev–Trinajstić information content (AvgIpc) is 3.41. The lowest BCUT2D eigenvalue weighted by Gasteiger charge is -2.33. The first-order valence-corrected chi connectivity index (χ1v) is 14.6. The molecule has 3 fully saturated rings. The van der Waals surface area contributed by atoms with Crippen molar-refractivity contribution in [2.24, 2.45) is 0 Å². The lowest BCUT2D eigenvalue weighted by Crippen LogP contribution is -2.53. The Morgan fingerprint density at radius 2 is 1.72 bits per heavy atom. The fourth-order valence-electron chi connectivity index (χ4n) is 7.56. The molecular weight excluding hydrogens is 486 g/mol. The topological polar surface area (TPSA) is 63.6 Å². The minimum Gasteiger partial charge on any atom is -0.497 e. The third-order valence-corrected chi connectivity index (χ3v) is 9.47. The van der Waals surface area contributed by atoms with E-state index < -0.39 is 0 Å². The molecule has 1 N–H and O–H groups in total. The maximum atomic E-state index is 14.1. The lowest BCUT2D eigenvalue weighted by atomic mass is 9.81. The van der Waals surface area contributed by atoms with Crippen molar-refractivity contribution in [2.45, 2.75) is 76.4 Å². The molecule has 4 heterocycles. The van der Waals surface area contributed by atoms with Gasteiger partial charge in [0.1, 0.15) is 5.75 Å². The van der Waals surface area contributed by atoms with Crippen LogP contribution in [0.1, 0.15) is 79.3 Å². The van der Waals surface area contributed by atoms with E-state index in [4.69, 9.17) is 4.74 Å². The third kappa shape index (κ3) is 4.20. The summed E-state index contributed by atoms with van der Waals surface area (Å²) in [6, 6.07) is 13.2. The number of carbonyl (C=O) groups is 2. The van der Waals surface area contributed by atoms with Gasteiger partial charge in [0.05, 0.1) is 19.3 Å². The maximum Gasteiger partial charge on any atom is 0.251 e. The van der Waals surface area contributed by atoms with E-state index in [1.807, 2.05) is 12.1 Å². The van der Waals surface area contributed by atoms with Crippen LogP contribution < -0.4 is 10.1 Å². The molecule has 1 aliphatic carbocycles. The second-order valence-corrected chi connectivity index (χ2v) is 11.9. The van der Waals surface area contributed by atoms with Crippen molar-refractivity contribution in [3.8, 4) is 17.0 Å². The molecule has 2 unspecified atom stereocenters. The molecular formula is C33H37N3O3. The van der Waals surface area contributed by atoms with Gasteiger partial charge in [-0.05, 0) is 80.0 Å². The zero-order chi connectivity index (χ0) is 26.7. The molecule has 1 amide bonds. The molecule has 39 heavy (non-hydrogen) atoms. The first kappa shape index (κ1) is 24.6. The standard InChI is InChI=1S/C33H37N3O3/c1-20(37)22-8-12-29-30(16-22)36-17-24(33(38)35-18-25-9-10-26(19-35)34-25)14-23-15-27(39-2)11-13-28(23)32(36)31(29)21-6-4-3-5-7-21/h8,11-16,21,25-26,34H,3-7,9-10,17-19H2,1-2H3. The van der Waals surface area contributed by atoms with E-state index in [1.54, 1.807) is 14.0 Å². The highest BCUT2D eigenvalue weighted by atomic mass is 16.5. The summed E-state index contributed by atoms with van der Waals surface area (Å²) in [6.07, 6.45) is 10.5. The molecule has 3 aromatic rings. The number of ether oxygens (including phenoxy) is 1. The van der Waals surface area contributed by atoms with Gasteiger partial charge in [-0.2, -0.15) is 0 Å². The van der Waals surface area contributed by atoms with Crippen LogP contribution in [0.25, 0.3) is 28.2 Å². The van der Waals surface area contributed by atoms with Crippen LogP contribution in [0.15, 0.2) is 42.0 Å². The van der Waals surface area contributed by atoms with Gasteiger partial charge in [0.15, 0.2) is 5.78 Å². The van der Waals surface area contributed by atoms with Crippen LogP contribution in [0.4, 0.5) is 0 Å². The Kier molecular flexibility index (Phi) is 6.11. The molecule has 4 aliphatic rings. The number of nitrogens with zero attached hydrogens (tertiary/aromatic N) is 2. The molecule has 202 valence electrons. The van der Waals surface area contributed by atoms with Crippen molar-refractivity contribution in [2.75, 3.05) is 20.2 Å². The summed E-state index contributed by atoms with van der Waals surface area (Å²) in [7, 11) is 1.69. The number of piperazine rings is 1. The number of Topliss-reactive ketones (excluding diaryl/α,β-unsaturated/α-hetero) is 1. The van der Waals surface area contributed by atoms with Crippen LogP contribution in [-0.4, -0.2) is 53.4 Å². The molecule has 0 radical (unpaired) electrons. The number of likely N-dealkylation sites (tertiary alicyclic amines) is 1. The van der Waals surface area contributed by atoms with Gasteiger partial charge in [-0.25, -0.2) is 0 Å². The Morgan fingerprint density at radius 3 is 2.44 bits per heavy atom. The van der Waals surface area contributed by atoms with Crippen molar-refractivity contribution in [1.29, 1.82) is 0 Å². The van der Waals surface area contributed by atoms with Gasteiger partial charge in [0.2, 0.25) is 0 Å². The largest absolute Gasteiger partial charge is 0.497 e. The van der Waals surface area contributed by atoms with Crippen LogP contribution >= 0.6 is 0 Å². The van der Waals surface area contributed by atoms with Crippen LogP contribution in [0, 0.1) is 0 Å². The Balaban J connectivity index is 1.44. The predicted molar refractivity (Wildman–Crippen MR) is 154 cm³/mol. The van der Waals surface area contributed by atoms with E-state index in [0.717, 1.165) is 53.9 Å². The number of hydrogen-bond acceptors (Lipinski definition) is 4. The van der Waals surface area contributed by atoms with Crippen molar-refractivity contribution in [1.82, 2.24) is 14.8 Å². The normalized spacial score (nSPS) is 22.7. The summed E-state index contributed by atoms with van der Waals surface area (Å²) >= 11 is 0. The molecule has 1 saturated carbocycles. The van der Waals surface area contributed by atoms with Crippen molar-refractivity contribution >= 4 is 28.7 Å². The van der Waals surface area contributed by atoms with E-state index in [-0.39, 0.29) is 11.7 Å². The molecule has 0 spiro atoms. The van der Waals surface area contributed by atoms with Crippen molar-refractivity contribution in [3.63, 3.8) is 0 Å². The number of hydrogen-bond donors (Lipinski definition) is 1. The second-order valence-electron chi connectivity index (χ2n) is 11.9. The zero-order valence-corrected chi connectivity index (χ0v) is 23.0. The highest BCUT2D eigenvalue weighted by Gasteiger charge is 2.36. The number of rotatable bonds is 4. The van der Waals surface area contributed by atoms with Crippen LogP contribution in [0.3, 0.4) is 0 Å². The first-order chi connectivity index (χ1) is 19.0. The Hall–Kier alpha value is -3.38. The summed E-state index contributed by atoms with van der Waals surface area (Å²) in [4.78, 5) is 28.7. The SMILES string of the molecule is COc1ccc2c(c1)C=C(C(=O)N1CC3CCC(C1)N3)Cn1c-2c(C2CCCCC2)c2ccc(C(C)=O)cc21. The minimum atomic E-state index is 0.0635. The second kappa shape index (κ2) is 9.67. The lowest BCUT2D eigenvalue weighted by molar-refractivity contribution is -0.128. The predicted octanol–water partition coefficient (Wildman–Crippen LogP) is 5.93. The number of benzene rings is 2. The van der Waals surface area contributed by atoms with Gasteiger partial charge in [-0.1, -0.05) is 31.4 Å². The fraction of sp³-hybridized carbons (Fsp3) is 0.455. The molecule has 6 heteroatoms. The van der Waals surface area contributed by atoms with Gasteiger partial charge in [-0.3, -0.25) is 9.59 Å². The van der Waals surface area contributed by atoms with E-state index in [0.29, 0.717) is 30.1 Å². The number of amides is 1. The summed E-state index contributed by atoms with van der Waals surface area (Å²) in [5.41, 5.74) is 7.32. The van der Waals surface area contributed by atoms with Gasteiger partial charge in [-0.15, -0.1) is 0 Å². The van der Waals surface area contributed by atoms with Crippen LogP contribution in [-0.2, 0) is 11.3 Å². The van der Waals surface area contributed by atoms with E-state index >= 15 is 0 Å². The Morgan fingerprint density at radius 1 is 0.949 bits per heavy atom. The van der Waals surface area contributed by atoms with Crippen molar-refractivity contribution < 1.29 is 14.3 Å². The molecule has 7 rings (SSSR count). The number of fused-ring (bicyclic) bond motifs is 7. The van der Waals surface area contributed by atoms with Crippen LogP contribution in [0.2, 0.25) is 0 Å². The van der Waals surface area contributed by atoms with Gasteiger partial charge in [0.25, 0.3) is 5.91 Å². The number of methoxy groups -OCH3 is 1. The Labute approximate surface area is 230 Å². The minimum absolute atomic E-state index is 0.0635. The summed E-state index contributed by atoms with van der Waals surface area (Å²) in [5, 5.41) is 4.87. The van der Waals surface area contributed by atoms with Crippen molar-refractivity contribution in [3.05, 3.63) is 58.7 Å². The number of ketones is 1. The summed E-state index contributed by atoms with van der Waals surface area (Å²) in [6.45, 7) is 3.65. The number of carbonyl (C=O) groups excluding carboxylic acids is 2. The molecule has 6 nitrogen and oxygen atoms in total. The first-order valence-electron chi connectivity index (χ1n) is 14.6. The van der Waals surface area contributed by atoms with E-state index in [1.165, 1.54) is 48.7 Å². The quantitative estimate of drug-likeness (QED) is 0.431. The molecule has 2 atom stereocenters. The fourth-order valence-corrected chi connectivity index (χ4v) is 7.56.